The number of hydrogen-bond donors (Lipinski definition) is 12. The fraction of sp³-hybridized carbons (Fsp3) is 0.213. The number of nitrogens with one attached hydrogen (secondary N) is 10. The Morgan fingerprint density at radius 2 is 0.711 bits per heavy atom. The predicted molar refractivity (Wildman–Crippen MR) is 278 cm³/mol. The molecule has 0 saturated carbocycles. The highest BCUT2D eigenvalue weighted by atomic mass is 16.2. The molecular formula is C47H53N21O8. The second kappa shape index (κ2) is 22.4. The van der Waals surface area contributed by atoms with E-state index in [9.17, 15) is 38.4 Å². The van der Waals surface area contributed by atoms with Gasteiger partial charge in [-0.2, -0.15) is 0 Å². The Morgan fingerprint density at radius 1 is 0.408 bits per heavy atom. The van der Waals surface area contributed by atoms with Crippen molar-refractivity contribution in [1.29, 1.82) is 10.8 Å². The zero-order valence-corrected chi connectivity index (χ0v) is 41.8. The van der Waals surface area contributed by atoms with E-state index in [-0.39, 0.29) is 101 Å². The molecule has 7 aromatic rings. The molecule has 76 heavy (non-hydrogen) atoms. The summed E-state index contributed by atoms with van der Waals surface area (Å²) in [5.74, 6) is -4.71. The van der Waals surface area contributed by atoms with Crippen LogP contribution in [0.4, 0.5) is 34.5 Å². The van der Waals surface area contributed by atoms with Gasteiger partial charge in [-0.25, -0.2) is 15.0 Å². The monoisotopic (exact) mass is 1040 g/mol. The first-order chi connectivity index (χ1) is 36.0. The van der Waals surface area contributed by atoms with Gasteiger partial charge < -0.3 is 81.4 Å². The average Bonchev–Trinajstić information content (AvgIpc) is 4.22. The maximum absolute atomic E-state index is 13.4. The molecule has 1 aromatic carbocycles. The van der Waals surface area contributed by atoms with Crippen LogP contribution >= 0.6 is 0 Å². The fourth-order valence-corrected chi connectivity index (χ4v) is 7.48. The molecule has 0 aliphatic rings. The number of anilines is 6. The van der Waals surface area contributed by atoms with Crippen LogP contribution < -0.4 is 54.0 Å². The maximum atomic E-state index is 13.4. The molecule has 29 nitrogen and oxygen atoms in total. The summed E-state index contributed by atoms with van der Waals surface area (Å²) in [6, 6.07) is 10.2. The lowest BCUT2D eigenvalue weighted by Gasteiger charge is -2.05. The van der Waals surface area contributed by atoms with Crippen LogP contribution in [0, 0.1) is 10.8 Å². The highest BCUT2D eigenvalue weighted by molar-refractivity contribution is 6.10. The van der Waals surface area contributed by atoms with Crippen molar-refractivity contribution in [3.05, 3.63) is 125 Å². The number of aromatic nitrogens is 9. The van der Waals surface area contributed by atoms with Gasteiger partial charge in [-0.3, -0.25) is 49.2 Å². The van der Waals surface area contributed by atoms with Gasteiger partial charge in [0.15, 0.2) is 17.5 Å². The second-order valence-corrected chi connectivity index (χ2v) is 17.2. The van der Waals surface area contributed by atoms with Crippen molar-refractivity contribution >= 4 is 93.4 Å². The molecule has 14 N–H and O–H groups in total. The number of nitrogens with zero attached hydrogens (tertiary/aromatic N) is 9. The smallest absolute Gasteiger partial charge is 0.292 e. The fourth-order valence-electron chi connectivity index (χ4n) is 7.48. The van der Waals surface area contributed by atoms with Crippen LogP contribution in [-0.4, -0.2) is 114 Å². The molecule has 394 valence electrons. The van der Waals surface area contributed by atoms with Gasteiger partial charge in [-0.15, -0.1) is 0 Å². The lowest BCUT2D eigenvalue weighted by Crippen LogP contribution is -2.29. The number of nitrogens with two attached hydrogens (primary N) is 2. The lowest BCUT2D eigenvalue weighted by atomic mass is 10.1. The van der Waals surface area contributed by atoms with E-state index >= 15 is 0 Å². The topological polar surface area (TPSA) is 401 Å². The minimum atomic E-state index is -0.708. The number of hydrogen-bond acceptors (Lipinski definition) is 13. The van der Waals surface area contributed by atoms with Crippen LogP contribution in [0.5, 0.6) is 0 Å². The molecule has 6 heterocycles. The van der Waals surface area contributed by atoms with Crippen molar-refractivity contribution in [3.8, 4) is 0 Å². The molecule has 29 heteroatoms. The van der Waals surface area contributed by atoms with Crippen molar-refractivity contribution in [1.82, 2.24) is 53.0 Å². The highest BCUT2D eigenvalue weighted by Gasteiger charge is 2.23. The number of amidine groups is 2. The van der Waals surface area contributed by atoms with Crippen molar-refractivity contribution in [2.75, 3.05) is 45.0 Å². The Bertz CT molecular complexity index is 3250. The predicted octanol–water partition coefficient (Wildman–Crippen LogP) is 1.53. The first-order valence-electron chi connectivity index (χ1n) is 22.8. The number of carbonyl (C=O) groups excluding carboxylic acids is 8. The summed E-state index contributed by atoms with van der Waals surface area (Å²) >= 11 is 0. The van der Waals surface area contributed by atoms with Gasteiger partial charge in [0.2, 0.25) is 17.5 Å². The third-order valence-corrected chi connectivity index (χ3v) is 11.2. The van der Waals surface area contributed by atoms with Crippen LogP contribution in [0.3, 0.4) is 0 Å². The van der Waals surface area contributed by atoms with Crippen LogP contribution in [-0.2, 0) is 42.3 Å². The molecule has 0 saturated heterocycles. The Kier molecular flexibility index (Phi) is 15.7. The standard InChI is InChI=1S/C47H53N21O8/c1-63-19-27(15-29(63)42(71)52-13-11-32(48)49)55-44(73)31-17-28(20-65(31)3)56-43(72)30-16-26(18-64(30)2)54-40(69)24-7-9-25(10-8-24)41(70)60-34-21-67(5)38(58-34)46(75)62-36-23-68(6)39(59-36)47(76)61-35-22-66(4)37(57-35)45(74)53-14-12-33(50)51/h7-10,15-23H,11-14H2,1-6H3,(H3,48,49)(H3,50,51)(H,52,71)(H,53,74)(H,54,69)(H,55,73)(H,56,72)(H,60,70)(H,61,76)(H,62,75). The van der Waals surface area contributed by atoms with E-state index in [0.717, 1.165) is 0 Å². The van der Waals surface area contributed by atoms with E-state index < -0.39 is 47.3 Å². The molecule has 0 atom stereocenters. The molecule has 0 radical (unpaired) electrons. The van der Waals surface area contributed by atoms with Crippen molar-refractivity contribution in [2.24, 2.45) is 53.8 Å². The van der Waals surface area contributed by atoms with E-state index in [1.54, 1.807) is 45.2 Å². The summed E-state index contributed by atoms with van der Waals surface area (Å²) in [6.45, 7) is 0.318. The number of benzene rings is 1. The molecule has 0 unspecified atom stereocenters. The third kappa shape index (κ3) is 12.7. The quantitative estimate of drug-likeness (QED) is 0.0381. The van der Waals surface area contributed by atoms with Crippen LogP contribution in [0.25, 0.3) is 0 Å². The van der Waals surface area contributed by atoms with Crippen molar-refractivity contribution in [2.45, 2.75) is 12.8 Å². The zero-order chi connectivity index (χ0) is 55.1. The van der Waals surface area contributed by atoms with Gasteiger partial charge in [-0.1, -0.05) is 0 Å². The summed E-state index contributed by atoms with van der Waals surface area (Å²) in [5, 5.41) is 35.9. The first-order valence-corrected chi connectivity index (χ1v) is 22.8. The average molecular weight is 1040 g/mol. The molecular weight excluding hydrogens is 987 g/mol. The van der Waals surface area contributed by atoms with Crippen LogP contribution in [0.2, 0.25) is 0 Å². The van der Waals surface area contributed by atoms with Gasteiger partial charge in [-0.05, 0) is 42.5 Å². The first kappa shape index (κ1) is 53.2. The van der Waals surface area contributed by atoms with Gasteiger partial charge in [0, 0.05) is 117 Å². The van der Waals surface area contributed by atoms with Gasteiger partial charge in [0.25, 0.3) is 47.3 Å². The van der Waals surface area contributed by atoms with E-state index in [2.05, 4.69) is 57.5 Å². The number of imidazole rings is 3. The summed E-state index contributed by atoms with van der Waals surface area (Å²) in [4.78, 5) is 117. The molecule has 8 amide bonds. The molecule has 0 spiro atoms. The SMILES string of the molecule is Cn1cc(NC(=O)c2cc(NC(=O)c3cc(NC(=O)c4ccc(C(=O)Nc5cn(C)c(C(=O)Nc6cn(C)c(C(=O)Nc7cn(C)c(C(=O)NCCC(=N)N)n7)n6)n5)cc4)cn3C)cn2C)cc1C(=O)NCCC(=N)N. The van der Waals surface area contributed by atoms with Crippen LogP contribution in [0.15, 0.2) is 79.6 Å². The molecule has 7 rings (SSSR count). The van der Waals surface area contributed by atoms with E-state index in [1.807, 2.05) is 0 Å². The van der Waals surface area contributed by atoms with E-state index in [0.29, 0.717) is 17.1 Å². The van der Waals surface area contributed by atoms with E-state index in [1.165, 1.54) is 104 Å². The highest BCUT2D eigenvalue weighted by Crippen LogP contribution is 2.21. The zero-order valence-electron chi connectivity index (χ0n) is 41.8. The lowest BCUT2D eigenvalue weighted by molar-refractivity contribution is 0.0935. The number of carbonyl (C=O) groups is 8. The Hall–Kier alpha value is -10.6. The summed E-state index contributed by atoms with van der Waals surface area (Å²) in [7, 11) is 9.52. The molecule has 0 fully saturated rings. The van der Waals surface area contributed by atoms with Crippen LogP contribution in [0.1, 0.15) is 96.9 Å². The molecule has 0 aliphatic heterocycles. The number of amides is 8. The number of rotatable bonds is 20. The Labute approximate surface area is 431 Å². The van der Waals surface area contributed by atoms with Gasteiger partial charge in [0.1, 0.15) is 17.1 Å². The Balaban J connectivity index is 0.891. The largest absolute Gasteiger partial charge is 0.388 e. The van der Waals surface area contributed by atoms with Crippen molar-refractivity contribution < 1.29 is 38.4 Å². The Morgan fingerprint density at radius 3 is 1.08 bits per heavy atom. The molecule has 0 aliphatic carbocycles. The minimum absolute atomic E-state index is 0.00544. The minimum Gasteiger partial charge on any atom is -0.388 e. The maximum Gasteiger partial charge on any atom is 0.292 e. The second-order valence-electron chi connectivity index (χ2n) is 17.2. The van der Waals surface area contributed by atoms with Gasteiger partial charge in [0.05, 0.1) is 28.7 Å². The summed E-state index contributed by atoms with van der Waals surface area (Å²) in [5.41, 5.74) is 12.7. The molecule has 6 aromatic heterocycles. The third-order valence-electron chi connectivity index (χ3n) is 11.2. The normalized spacial score (nSPS) is 10.8. The summed E-state index contributed by atoms with van der Waals surface area (Å²) < 4.78 is 8.72. The van der Waals surface area contributed by atoms with Crippen molar-refractivity contribution in [3.63, 3.8) is 0 Å². The van der Waals surface area contributed by atoms with E-state index in [4.69, 9.17) is 22.3 Å². The van der Waals surface area contributed by atoms with Gasteiger partial charge >= 0.3 is 0 Å². The number of aryl methyl sites for hydroxylation is 6. The molecule has 0 bridgehead atoms. The summed E-state index contributed by atoms with van der Waals surface area (Å²) in [6.07, 6.45) is 9.26.